The monoisotopic (exact) mass is 292 g/mol. The van der Waals surface area contributed by atoms with Crippen molar-refractivity contribution in [2.24, 2.45) is 5.84 Å². The lowest BCUT2D eigenvalue weighted by molar-refractivity contribution is -0.124. The molecule has 1 aliphatic carbocycles. The van der Waals surface area contributed by atoms with Crippen molar-refractivity contribution in [3.8, 4) is 0 Å². The molecule has 1 amide bonds. The Balaban J connectivity index is 2.20. The number of aromatic nitrogens is 2. The summed E-state index contributed by atoms with van der Waals surface area (Å²) in [4.78, 5) is 30.6. The SMILES string of the molecule is C[C@@H](C(=O)NN)n1cnc2sc3c(c2c1=O)CCCC3. The minimum absolute atomic E-state index is 0.148. The van der Waals surface area contributed by atoms with Gasteiger partial charge in [-0.1, -0.05) is 0 Å². The van der Waals surface area contributed by atoms with Crippen molar-refractivity contribution in [1.29, 1.82) is 0 Å². The number of amides is 1. The molecule has 0 saturated carbocycles. The van der Waals surface area contributed by atoms with Gasteiger partial charge in [-0.3, -0.25) is 19.6 Å². The number of aryl methyl sites for hydroxylation is 2. The van der Waals surface area contributed by atoms with Crippen LogP contribution in [-0.2, 0) is 17.6 Å². The van der Waals surface area contributed by atoms with Gasteiger partial charge in [0.2, 0.25) is 0 Å². The van der Waals surface area contributed by atoms with Gasteiger partial charge in [0.15, 0.2) is 0 Å². The van der Waals surface area contributed by atoms with Gasteiger partial charge in [0, 0.05) is 4.88 Å². The second-order valence-corrected chi connectivity index (χ2v) is 6.12. The van der Waals surface area contributed by atoms with Gasteiger partial charge in [0.05, 0.1) is 11.7 Å². The molecule has 106 valence electrons. The van der Waals surface area contributed by atoms with Crippen LogP contribution in [0.2, 0.25) is 0 Å². The van der Waals surface area contributed by atoms with Crippen LogP contribution < -0.4 is 16.8 Å². The molecular weight excluding hydrogens is 276 g/mol. The van der Waals surface area contributed by atoms with Crippen LogP contribution in [0, 0.1) is 0 Å². The lowest BCUT2D eigenvalue weighted by Crippen LogP contribution is -2.39. The molecule has 0 aliphatic heterocycles. The van der Waals surface area contributed by atoms with E-state index in [1.165, 1.54) is 22.2 Å². The summed E-state index contributed by atoms with van der Waals surface area (Å²) in [5, 5.41) is 0.684. The highest BCUT2D eigenvalue weighted by Crippen LogP contribution is 2.33. The molecule has 0 spiro atoms. The van der Waals surface area contributed by atoms with Crippen molar-refractivity contribution >= 4 is 27.5 Å². The number of nitrogens with zero attached hydrogens (tertiary/aromatic N) is 2. The zero-order valence-electron chi connectivity index (χ0n) is 11.2. The van der Waals surface area contributed by atoms with E-state index in [0.717, 1.165) is 29.7 Å². The highest BCUT2D eigenvalue weighted by molar-refractivity contribution is 7.18. The fourth-order valence-corrected chi connectivity index (χ4v) is 3.90. The molecule has 2 aromatic heterocycles. The molecule has 0 saturated heterocycles. The smallest absolute Gasteiger partial charge is 0.263 e. The second kappa shape index (κ2) is 4.99. The number of nitrogens with two attached hydrogens (primary N) is 1. The van der Waals surface area contributed by atoms with E-state index in [9.17, 15) is 9.59 Å². The summed E-state index contributed by atoms with van der Waals surface area (Å²) < 4.78 is 1.35. The highest BCUT2D eigenvalue weighted by atomic mass is 32.1. The third-order valence-electron chi connectivity index (χ3n) is 3.84. The minimum atomic E-state index is -0.663. The third-order valence-corrected chi connectivity index (χ3v) is 5.04. The lowest BCUT2D eigenvalue weighted by atomic mass is 9.97. The van der Waals surface area contributed by atoms with Crippen LogP contribution in [0.15, 0.2) is 11.1 Å². The standard InChI is InChI=1S/C13H16N4O2S/c1-7(11(18)16-14)17-6-15-12-10(13(17)19)8-4-2-3-5-9(8)20-12/h6-7H,2-5,14H2,1H3,(H,16,18)/t7-/m0/s1. The number of hydrazine groups is 1. The molecule has 3 rings (SSSR count). The van der Waals surface area contributed by atoms with Crippen molar-refractivity contribution in [2.45, 2.75) is 38.6 Å². The second-order valence-electron chi connectivity index (χ2n) is 5.03. The van der Waals surface area contributed by atoms with Crippen molar-refractivity contribution in [2.75, 3.05) is 0 Å². The van der Waals surface area contributed by atoms with Gasteiger partial charge in [0.25, 0.3) is 11.5 Å². The Morgan fingerprint density at radius 2 is 2.25 bits per heavy atom. The maximum atomic E-state index is 12.6. The lowest BCUT2D eigenvalue weighted by Gasteiger charge is -2.13. The number of hydrogen-bond acceptors (Lipinski definition) is 5. The van der Waals surface area contributed by atoms with Gasteiger partial charge in [-0.2, -0.15) is 0 Å². The van der Waals surface area contributed by atoms with E-state index in [1.807, 2.05) is 0 Å². The first-order chi connectivity index (χ1) is 9.63. The van der Waals surface area contributed by atoms with Crippen LogP contribution in [0.25, 0.3) is 10.2 Å². The summed E-state index contributed by atoms with van der Waals surface area (Å²) in [5.74, 6) is 4.73. The highest BCUT2D eigenvalue weighted by Gasteiger charge is 2.22. The fraction of sp³-hybridized carbons (Fsp3) is 0.462. The summed E-state index contributed by atoms with van der Waals surface area (Å²) in [6, 6.07) is -0.663. The van der Waals surface area contributed by atoms with Gasteiger partial charge < -0.3 is 0 Å². The zero-order chi connectivity index (χ0) is 14.3. The number of carbonyl (C=O) groups excluding carboxylic acids is 1. The molecule has 0 fully saturated rings. The Morgan fingerprint density at radius 3 is 3.00 bits per heavy atom. The quantitative estimate of drug-likeness (QED) is 0.488. The number of rotatable bonds is 2. The Kier molecular flexibility index (Phi) is 3.31. The summed E-state index contributed by atoms with van der Waals surface area (Å²) in [6.07, 6.45) is 5.65. The topological polar surface area (TPSA) is 90.0 Å². The van der Waals surface area contributed by atoms with Gasteiger partial charge in [-0.05, 0) is 38.2 Å². The summed E-state index contributed by atoms with van der Waals surface area (Å²) in [6.45, 7) is 1.63. The average molecular weight is 292 g/mol. The molecule has 3 N–H and O–H groups in total. The molecule has 7 heteroatoms. The Bertz CT molecular complexity index is 734. The van der Waals surface area contributed by atoms with E-state index in [2.05, 4.69) is 10.4 Å². The van der Waals surface area contributed by atoms with Gasteiger partial charge in [-0.25, -0.2) is 10.8 Å². The molecule has 20 heavy (non-hydrogen) atoms. The molecule has 1 atom stereocenters. The van der Waals surface area contributed by atoms with E-state index in [4.69, 9.17) is 5.84 Å². The number of nitrogens with one attached hydrogen (secondary N) is 1. The molecule has 2 heterocycles. The first-order valence-corrected chi connectivity index (χ1v) is 7.47. The van der Waals surface area contributed by atoms with Gasteiger partial charge in [-0.15, -0.1) is 11.3 Å². The Hall–Kier alpha value is -1.73. The summed E-state index contributed by atoms with van der Waals surface area (Å²) in [5.41, 5.74) is 3.05. The number of hydrogen-bond donors (Lipinski definition) is 2. The van der Waals surface area contributed by atoms with Crippen LogP contribution in [0.1, 0.15) is 36.2 Å². The van der Waals surface area contributed by atoms with E-state index >= 15 is 0 Å². The number of fused-ring (bicyclic) bond motifs is 3. The van der Waals surface area contributed by atoms with Gasteiger partial charge in [0.1, 0.15) is 10.9 Å². The minimum Gasteiger partial charge on any atom is -0.292 e. The largest absolute Gasteiger partial charge is 0.292 e. The molecular formula is C13H16N4O2S. The first kappa shape index (κ1) is 13.3. The average Bonchev–Trinajstić information content (AvgIpc) is 2.85. The van der Waals surface area contributed by atoms with Crippen LogP contribution in [0.5, 0.6) is 0 Å². The van der Waals surface area contributed by atoms with Crippen LogP contribution >= 0.6 is 11.3 Å². The van der Waals surface area contributed by atoms with Crippen LogP contribution in [0.4, 0.5) is 0 Å². The van der Waals surface area contributed by atoms with E-state index in [0.29, 0.717) is 5.39 Å². The molecule has 0 unspecified atom stereocenters. The number of thiophene rings is 1. The molecule has 1 aliphatic rings. The summed E-state index contributed by atoms with van der Waals surface area (Å²) >= 11 is 1.60. The Morgan fingerprint density at radius 1 is 1.50 bits per heavy atom. The Labute approximate surface area is 119 Å². The maximum Gasteiger partial charge on any atom is 0.263 e. The van der Waals surface area contributed by atoms with Crippen molar-refractivity contribution < 1.29 is 4.79 Å². The van der Waals surface area contributed by atoms with Crippen molar-refractivity contribution in [1.82, 2.24) is 15.0 Å². The first-order valence-electron chi connectivity index (χ1n) is 6.65. The molecule has 0 aromatic carbocycles. The fourth-order valence-electron chi connectivity index (χ4n) is 2.68. The zero-order valence-corrected chi connectivity index (χ0v) is 12.0. The van der Waals surface area contributed by atoms with Crippen molar-refractivity contribution in [3.63, 3.8) is 0 Å². The van der Waals surface area contributed by atoms with Gasteiger partial charge >= 0.3 is 0 Å². The van der Waals surface area contributed by atoms with Crippen LogP contribution in [-0.4, -0.2) is 15.5 Å². The molecule has 6 nitrogen and oxygen atoms in total. The predicted octanol–water partition coefficient (Wildman–Crippen LogP) is 0.888. The normalized spacial score (nSPS) is 15.9. The predicted molar refractivity (Wildman–Crippen MR) is 77.6 cm³/mol. The van der Waals surface area contributed by atoms with E-state index in [1.54, 1.807) is 18.3 Å². The van der Waals surface area contributed by atoms with Crippen LogP contribution in [0.3, 0.4) is 0 Å². The molecule has 0 radical (unpaired) electrons. The van der Waals surface area contributed by atoms with E-state index < -0.39 is 11.9 Å². The number of carbonyl (C=O) groups is 1. The molecule has 0 bridgehead atoms. The van der Waals surface area contributed by atoms with E-state index in [-0.39, 0.29) is 5.56 Å². The maximum absolute atomic E-state index is 12.6. The van der Waals surface area contributed by atoms with Crippen molar-refractivity contribution in [3.05, 3.63) is 27.1 Å². The molecule has 2 aromatic rings. The summed E-state index contributed by atoms with van der Waals surface area (Å²) in [7, 11) is 0. The third kappa shape index (κ3) is 1.94.